The Morgan fingerprint density at radius 3 is 1.55 bits per heavy atom. The molecule has 0 saturated carbocycles. The van der Waals surface area contributed by atoms with E-state index in [-0.39, 0.29) is 17.0 Å². The molecule has 8 heteroatoms. The van der Waals surface area contributed by atoms with Crippen molar-refractivity contribution in [3.8, 4) is 0 Å². The molecule has 0 aliphatic heterocycles. The Morgan fingerprint density at radius 1 is 0.742 bits per heavy atom. The maximum atomic E-state index is 12.5. The van der Waals surface area contributed by atoms with Crippen LogP contribution < -0.4 is 5.32 Å². The predicted molar refractivity (Wildman–Crippen MR) is 114 cm³/mol. The van der Waals surface area contributed by atoms with Crippen LogP contribution in [0.5, 0.6) is 0 Å². The Hall–Kier alpha value is -2.68. The van der Waals surface area contributed by atoms with Crippen molar-refractivity contribution in [3.05, 3.63) is 102 Å². The molecule has 0 saturated heterocycles. The van der Waals surface area contributed by atoms with E-state index >= 15 is 0 Å². The van der Waals surface area contributed by atoms with Gasteiger partial charge in [0, 0.05) is 12.1 Å². The summed E-state index contributed by atoms with van der Waals surface area (Å²) >= 11 is 0. The molecule has 0 aliphatic rings. The zero-order valence-corrected chi connectivity index (χ0v) is 17.9. The normalized spacial score (nSPS) is 13.6. The zero-order chi connectivity index (χ0) is 23.1. The number of hydrogen-bond acceptors (Lipinski definition) is 3. The van der Waals surface area contributed by atoms with Crippen molar-refractivity contribution in [1.82, 2.24) is 5.32 Å². The molecule has 2 N–H and O–H groups in total. The highest BCUT2D eigenvalue weighted by Gasteiger charge is 2.30. The third-order valence-corrected chi connectivity index (χ3v) is 5.45. The van der Waals surface area contributed by atoms with Crippen molar-refractivity contribution in [1.29, 1.82) is 0 Å². The predicted octanol–water partition coefficient (Wildman–Crippen LogP) is 6.05. The average Bonchev–Trinajstić information content (AvgIpc) is 2.74. The number of hydrogen-bond donors (Lipinski definition) is 2. The second-order valence-electron chi connectivity index (χ2n) is 6.93. The number of halogens is 3. The first kappa shape index (κ1) is 24.6. The monoisotopic (exact) mass is 451 g/mol. The lowest BCUT2D eigenvalue weighted by molar-refractivity contribution is -0.137. The third-order valence-electron chi connectivity index (χ3n) is 4.58. The molecule has 0 fully saturated rings. The van der Waals surface area contributed by atoms with Gasteiger partial charge in [0.1, 0.15) is 0 Å². The Bertz CT molecular complexity index is 1040. The molecule has 1 unspecified atom stereocenters. The fourth-order valence-electron chi connectivity index (χ4n) is 2.86. The van der Waals surface area contributed by atoms with Gasteiger partial charge in [0.15, 0.2) is 0 Å². The molecule has 3 aromatic carbocycles. The van der Waals surface area contributed by atoms with E-state index in [1.807, 2.05) is 44.2 Å². The lowest BCUT2D eigenvalue weighted by atomic mass is 10.0. The molecule has 0 heterocycles. The second-order valence-corrected chi connectivity index (χ2v) is 8.35. The number of rotatable bonds is 5. The van der Waals surface area contributed by atoms with Gasteiger partial charge in [0.2, 0.25) is 0 Å². The number of alkyl halides is 3. The van der Waals surface area contributed by atoms with Gasteiger partial charge >= 0.3 is 6.18 Å². The van der Waals surface area contributed by atoms with Crippen LogP contribution in [0.15, 0.2) is 89.8 Å². The van der Waals surface area contributed by atoms with Crippen molar-refractivity contribution in [2.75, 3.05) is 0 Å². The van der Waals surface area contributed by atoms with Crippen LogP contribution in [-0.2, 0) is 16.3 Å². The molecule has 2 atom stereocenters. The van der Waals surface area contributed by atoms with Crippen LogP contribution in [-0.4, -0.2) is 13.0 Å². The van der Waals surface area contributed by atoms with Crippen LogP contribution >= 0.6 is 0 Å². The lowest BCUT2D eigenvalue weighted by Gasteiger charge is -2.21. The van der Waals surface area contributed by atoms with Gasteiger partial charge in [0.25, 0.3) is 10.1 Å². The fraction of sp³-hybridized carbons (Fsp3) is 0.217. The maximum Gasteiger partial charge on any atom is 0.416 e. The largest absolute Gasteiger partial charge is 0.416 e. The molecule has 0 bridgehead atoms. The van der Waals surface area contributed by atoms with Crippen molar-refractivity contribution >= 4 is 10.1 Å². The summed E-state index contributed by atoms with van der Waals surface area (Å²) in [4.78, 5) is -0.0741. The summed E-state index contributed by atoms with van der Waals surface area (Å²) in [5, 5.41) is 3.39. The molecule has 0 aromatic heterocycles. The smallest absolute Gasteiger partial charge is 0.304 e. The molecule has 166 valence electrons. The second kappa shape index (κ2) is 10.6. The van der Waals surface area contributed by atoms with Gasteiger partial charge in [-0.05, 0) is 49.2 Å². The summed E-state index contributed by atoms with van der Waals surface area (Å²) < 4.78 is 66.8. The highest BCUT2D eigenvalue weighted by atomic mass is 32.2. The molecule has 4 nitrogen and oxygen atoms in total. The number of benzene rings is 3. The summed E-state index contributed by atoms with van der Waals surface area (Å²) in [6.45, 7) is 3.98. The molecule has 0 amide bonds. The van der Waals surface area contributed by atoms with Crippen LogP contribution in [0, 0.1) is 0 Å². The summed E-state index contributed by atoms with van der Waals surface area (Å²) in [5.41, 5.74) is 1.37. The highest BCUT2D eigenvalue weighted by molar-refractivity contribution is 7.85. The fourth-order valence-corrected chi connectivity index (χ4v) is 3.36. The van der Waals surface area contributed by atoms with Gasteiger partial charge in [-0.3, -0.25) is 4.55 Å². The standard InChI is InChI=1S/C17H18F3N.C6H6O3S/c1-12(14-6-4-3-5-7-14)21-13(2)15-8-10-16(11-9-15)17(18,19)20;7-10(8,9)6-4-2-1-3-5-6/h3-13,21H,1-2H3;1-5H,(H,7,8,9)/t12-,13?;/m1./s1. The van der Waals surface area contributed by atoms with E-state index in [0.717, 1.165) is 23.3 Å². The van der Waals surface area contributed by atoms with Crippen LogP contribution in [0.25, 0.3) is 0 Å². The Labute approximate surface area is 180 Å². The van der Waals surface area contributed by atoms with Gasteiger partial charge in [-0.1, -0.05) is 60.7 Å². The van der Waals surface area contributed by atoms with E-state index in [9.17, 15) is 21.6 Å². The molecular weight excluding hydrogens is 427 g/mol. The molecular formula is C23H24F3NO3S. The van der Waals surface area contributed by atoms with Crippen molar-refractivity contribution in [2.45, 2.75) is 37.0 Å². The van der Waals surface area contributed by atoms with Crippen LogP contribution in [0.2, 0.25) is 0 Å². The molecule has 3 aromatic rings. The van der Waals surface area contributed by atoms with E-state index in [2.05, 4.69) is 5.32 Å². The van der Waals surface area contributed by atoms with Gasteiger partial charge < -0.3 is 5.32 Å². The number of nitrogens with one attached hydrogen (secondary N) is 1. The molecule has 0 aliphatic carbocycles. The van der Waals surface area contributed by atoms with Gasteiger partial charge in [-0.25, -0.2) is 0 Å². The van der Waals surface area contributed by atoms with E-state index in [4.69, 9.17) is 4.55 Å². The maximum absolute atomic E-state index is 12.5. The molecule has 0 spiro atoms. The topological polar surface area (TPSA) is 66.4 Å². The molecule has 0 radical (unpaired) electrons. The first-order valence-corrected chi connectivity index (χ1v) is 10.9. The van der Waals surface area contributed by atoms with Gasteiger partial charge in [0.05, 0.1) is 10.5 Å². The van der Waals surface area contributed by atoms with E-state index < -0.39 is 21.9 Å². The Kier molecular flexibility index (Phi) is 8.38. The third kappa shape index (κ3) is 7.82. The van der Waals surface area contributed by atoms with E-state index in [1.165, 1.54) is 24.3 Å². The first-order valence-electron chi connectivity index (χ1n) is 9.49. The first-order chi connectivity index (χ1) is 14.5. The quantitative estimate of drug-likeness (QED) is 0.464. The minimum Gasteiger partial charge on any atom is -0.304 e. The van der Waals surface area contributed by atoms with E-state index in [0.29, 0.717) is 0 Å². The van der Waals surface area contributed by atoms with Crippen molar-refractivity contribution < 1.29 is 26.1 Å². The average molecular weight is 452 g/mol. The van der Waals surface area contributed by atoms with Crippen molar-refractivity contribution in [2.24, 2.45) is 0 Å². The highest BCUT2D eigenvalue weighted by Crippen LogP contribution is 2.30. The molecule has 3 rings (SSSR count). The van der Waals surface area contributed by atoms with Crippen molar-refractivity contribution in [3.63, 3.8) is 0 Å². The minimum absolute atomic E-state index is 0.0255. The SMILES string of the molecule is CC(N[C@H](C)c1ccccc1)c1ccc(C(F)(F)F)cc1.O=S(=O)(O)c1ccccc1. The van der Waals surface area contributed by atoms with Crippen LogP contribution in [0.4, 0.5) is 13.2 Å². The van der Waals surface area contributed by atoms with Crippen LogP contribution in [0.3, 0.4) is 0 Å². The lowest BCUT2D eigenvalue weighted by Crippen LogP contribution is -2.22. The Balaban J connectivity index is 0.000000285. The minimum atomic E-state index is -4.29. The van der Waals surface area contributed by atoms with Crippen LogP contribution in [0.1, 0.15) is 42.6 Å². The Morgan fingerprint density at radius 2 is 1.16 bits per heavy atom. The van der Waals surface area contributed by atoms with Gasteiger partial charge in [-0.15, -0.1) is 0 Å². The van der Waals surface area contributed by atoms with E-state index in [1.54, 1.807) is 18.2 Å². The summed E-state index contributed by atoms with van der Waals surface area (Å²) in [7, 11) is -4.00. The summed E-state index contributed by atoms with van der Waals surface area (Å²) in [6, 6.07) is 22.8. The zero-order valence-electron chi connectivity index (χ0n) is 17.0. The van der Waals surface area contributed by atoms with Gasteiger partial charge in [-0.2, -0.15) is 21.6 Å². The molecule has 31 heavy (non-hydrogen) atoms. The summed E-state index contributed by atoms with van der Waals surface area (Å²) in [6.07, 6.45) is -4.29. The summed E-state index contributed by atoms with van der Waals surface area (Å²) in [5.74, 6) is 0.